The Labute approximate surface area is 183 Å². The fourth-order valence-electron chi connectivity index (χ4n) is 6.46. The van der Waals surface area contributed by atoms with E-state index in [2.05, 4.69) is 18.1 Å². The molecule has 0 aliphatic heterocycles. The van der Waals surface area contributed by atoms with E-state index >= 15 is 0 Å². The molecule has 0 bridgehead atoms. The molecule has 0 spiro atoms. The van der Waals surface area contributed by atoms with Crippen LogP contribution in [-0.4, -0.2) is 29.2 Å². The zero-order valence-electron chi connectivity index (χ0n) is 18.2. The maximum atomic E-state index is 9.87. The lowest BCUT2D eigenvalue weighted by atomic mass is 9.55. The molecule has 0 unspecified atom stereocenters. The molecule has 31 heavy (non-hydrogen) atoms. The molecule has 2 aromatic carbocycles. The predicted molar refractivity (Wildman–Crippen MR) is 122 cm³/mol. The summed E-state index contributed by atoms with van der Waals surface area (Å²) in [6.07, 6.45) is 8.51. The van der Waals surface area contributed by atoms with E-state index in [0.717, 1.165) is 24.8 Å². The third-order valence-corrected chi connectivity index (χ3v) is 8.04. The van der Waals surface area contributed by atoms with Crippen LogP contribution in [0.25, 0.3) is 0 Å². The third kappa shape index (κ3) is 3.40. The minimum absolute atomic E-state index is 0.123. The van der Waals surface area contributed by atoms with E-state index in [1.54, 1.807) is 25.5 Å². The molecule has 2 aromatic rings. The van der Waals surface area contributed by atoms with E-state index in [0.29, 0.717) is 29.3 Å². The molecule has 2 fully saturated rings. The van der Waals surface area contributed by atoms with Crippen molar-refractivity contribution in [1.82, 2.24) is 0 Å². The Morgan fingerprint density at radius 3 is 2.77 bits per heavy atom. The number of fused-ring (bicyclic) bond motifs is 5. The van der Waals surface area contributed by atoms with Crippen molar-refractivity contribution >= 4 is 11.9 Å². The van der Waals surface area contributed by atoms with Crippen molar-refractivity contribution in [2.75, 3.05) is 7.11 Å². The number of aromatic hydroxyl groups is 2. The van der Waals surface area contributed by atoms with Gasteiger partial charge in [0.25, 0.3) is 0 Å². The monoisotopic (exact) mass is 418 g/mol. The maximum absolute atomic E-state index is 9.87. The van der Waals surface area contributed by atoms with Gasteiger partial charge in [-0.1, -0.05) is 13.0 Å². The second kappa shape index (κ2) is 7.70. The molecular formula is C26H30N2O3. The summed E-state index contributed by atoms with van der Waals surface area (Å²) >= 11 is 0. The number of ether oxygens (including phenoxy) is 1. The Kier molecular flexibility index (Phi) is 4.99. The minimum atomic E-state index is 0.123. The quantitative estimate of drug-likeness (QED) is 0.515. The molecule has 5 heteroatoms. The summed E-state index contributed by atoms with van der Waals surface area (Å²) in [7, 11) is 1.54. The number of phenolic OH excluding ortho intramolecular Hbond substituents is 2. The number of phenols is 2. The Morgan fingerprint density at radius 2 is 1.94 bits per heavy atom. The molecule has 0 saturated heterocycles. The van der Waals surface area contributed by atoms with Crippen molar-refractivity contribution in [1.29, 1.82) is 0 Å². The molecule has 5 nitrogen and oxygen atoms in total. The molecule has 0 aromatic heterocycles. The molecule has 3 aliphatic carbocycles. The van der Waals surface area contributed by atoms with Gasteiger partial charge in [0.1, 0.15) is 5.75 Å². The number of nitrogens with zero attached hydrogens (tertiary/aromatic N) is 2. The third-order valence-electron chi connectivity index (χ3n) is 8.04. The van der Waals surface area contributed by atoms with Gasteiger partial charge in [-0.2, -0.15) is 10.2 Å². The Morgan fingerprint density at radius 1 is 1.06 bits per heavy atom. The maximum Gasteiger partial charge on any atom is 0.161 e. The lowest BCUT2D eigenvalue weighted by Crippen LogP contribution is -2.42. The normalized spacial score (nSPS) is 30.8. The smallest absolute Gasteiger partial charge is 0.161 e. The van der Waals surface area contributed by atoms with Crippen molar-refractivity contribution < 1.29 is 14.9 Å². The van der Waals surface area contributed by atoms with Gasteiger partial charge in [0.2, 0.25) is 0 Å². The van der Waals surface area contributed by atoms with Crippen LogP contribution in [0.5, 0.6) is 17.2 Å². The van der Waals surface area contributed by atoms with Crippen molar-refractivity contribution in [2.24, 2.45) is 27.5 Å². The average Bonchev–Trinajstić information content (AvgIpc) is 3.11. The largest absolute Gasteiger partial charge is 0.508 e. The minimum Gasteiger partial charge on any atom is -0.508 e. The molecule has 2 N–H and O–H groups in total. The van der Waals surface area contributed by atoms with Gasteiger partial charge in [0, 0.05) is 11.1 Å². The first-order valence-electron chi connectivity index (χ1n) is 11.3. The SMILES string of the molecule is COc1cc(/C=N\N=C2\CC[C@@H]3[C@@H]4CCc5cc(O)ccc5[C@H]4CC[C@@]23C)ccc1O. The highest BCUT2D eigenvalue weighted by Crippen LogP contribution is 2.60. The van der Waals surface area contributed by atoms with E-state index in [1.165, 1.54) is 36.1 Å². The number of aryl methyl sites for hydroxylation is 1. The second-order valence-electron chi connectivity index (χ2n) is 9.52. The van der Waals surface area contributed by atoms with Crippen molar-refractivity contribution in [3.8, 4) is 17.2 Å². The molecule has 0 heterocycles. The lowest BCUT2D eigenvalue weighted by Gasteiger charge is -2.49. The van der Waals surface area contributed by atoms with Gasteiger partial charge in [0.15, 0.2) is 11.5 Å². The number of rotatable bonds is 3. The summed E-state index contributed by atoms with van der Waals surface area (Å²) in [6.45, 7) is 2.39. The molecular weight excluding hydrogens is 388 g/mol. The number of methoxy groups -OCH3 is 1. The summed E-state index contributed by atoms with van der Waals surface area (Å²) in [5, 5.41) is 28.7. The van der Waals surface area contributed by atoms with Gasteiger partial charge in [-0.05, 0) is 103 Å². The molecule has 4 atom stereocenters. The van der Waals surface area contributed by atoms with Crippen LogP contribution < -0.4 is 4.74 Å². The Hall–Kier alpha value is -2.82. The highest BCUT2D eigenvalue weighted by Gasteiger charge is 2.53. The van der Waals surface area contributed by atoms with Crippen LogP contribution in [0.1, 0.15) is 61.6 Å². The van der Waals surface area contributed by atoms with Gasteiger partial charge in [-0.3, -0.25) is 0 Å². The highest BCUT2D eigenvalue weighted by atomic mass is 16.5. The Bertz CT molecular complexity index is 1060. The molecule has 2 saturated carbocycles. The fraction of sp³-hybridized carbons (Fsp3) is 0.462. The van der Waals surface area contributed by atoms with Crippen molar-refractivity contribution in [2.45, 2.75) is 51.4 Å². The van der Waals surface area contributed by atoms with E-state index in [4.69, 9.17) is 9.84 Å². The van der Waals surface area contributed by atoms with Crippen LogP contribution in [0.15, 0.2) is 46.6 Å². The Balaban J connectivity index is 1.36. The van der Waals surface area contributed by atoms with Crippen molar-refractivity contribution in [3.63, 3.8) is 0 Å². The molecule has 3 aliphatic rings. The molecule has 0 amide bonds. The number of hydrogen-bond acceptors (Lipinski definition) is 5. The summed E-state index contributed by atoms with van der Waals surface area (Å²) in [6, 6.07) is 11.2. The average molecular weight is 419 g/mol. The van der Waals surface area contributed by atoms with E-state index in [1.807, 2.05) is 18.2 Å². The van der Waals surface area contributed by atoms with Crippen LogP contribution in [0.2, 0.25) is 0 Å². The van der Waals surface area contributed by atoms with Crippen molar-refractivity contribution in [3.05, 3.63) is 53.1 Å². The van der Waals surface area contributed by atoms with Gasteiger partial charge in [0.05, 0.1) is 13.3 Å². The summed E-state index contributed by atoms with van der Waals surface area (Å²) in [5.74, 6) is 2.89. The lowest BCUT2D eigenvalue weighted by molar-refractivity contribution is 0.0955. The van der Waals surface area contributed by atoms with Gasteiger partial charge in [-0.25, -0.2) is 0 Å². The predicted octanol–water partition coefficient (Wildman–Crippen LogP) is 5.44. The topological polar surface area (TPSA) is 74.4 Å². The first-order chi connectivity index (χ1) is 15.0. The van der Waals surface area contributed by atoms with E-state index in [9.17, 15) is 10.2 Å². The van der Waals surface area contributed by atoms with Gasteiger partial charge < -0.3 is 14.9 Å². The fourth-order valence-corrected chi connectivity index (χ4v) is 6.46. The number of benzene rings is 2. The zero-order valence-corrected chi connectivity index (χ0v) is 18.2. The summed E-state index contributed by atoms with van der Waals surface area (Å²) in [4.78, 5) is 0. The van der Waals surface area contributed by atoms with Crippen LogP contribution >= 0.6 is 0 Å². The van der Waals surface area contributed by atoms with E-state index in [-0.39, 0.29) is 11.2 Å². The van der Waals surface area contributed by atoms with Crippen LogP contribution in [0.4, 0.5) is 0 Å². The molecule has 162 valence electrons. The molecule has 5 rings (SSSR count). The van der Waals surface area contributed by atoms with Crippen LogP contribution in [-0.2, 0) is 6.42 Å². The van der Waals surface area contributed by atoms with Crippen LogP contribution in [0.3, 0.4) is 0 Å². The first-order valence-corrected chi connectivity index (χ1v) is 11.3. The van der Waals surface area contributed by atoms with Gasteiger partial charge >= 0.3 is 0 Å². The highest BCUT2D eigenvalue weighted by molar-refractivity contribution is 5.93. The molecule has 0 radical (unpaired) electrons. The van der Waals surface area contributed by atoms with Gasteiger partial charge in [-0.15, -0.1) is 0 Å². The van der Waals surface area contributed by atoms with E-state index < -0.39 is 0 Å². The summed E-state index contributed by atoms with van der Waals surface area (Å²) < 4.78 is 5.17. The second-order valence-corrected chi connectivity index (χ2v) is 9.52. The number of hydrogen-bond donors (Lipinski definition) is 2. The summed E-state index contributed by atoms with van der Waals surface area (Å²) in [5.41, 5.74) is 5.01. The van der Waals surface area contributed by atoms with Crippen LogP contribution in [0, 0.1) is 17.3 Å². The standard InChI is InChI=1S/C26H30N2O3/c1-26-12-11-20-19-7-5-18(29)14-17(19)4-6-21(20)22(26)8-10-25(26)28-27-15-16-3-9-23(30)24(13-16)31-2/h3,5,7,9,13-15,20-22,29-30H,4,6,8,10-12H2,1-2H3/b27-15-,28-25-/t20-,21-,22-,26-/m1/s1. The zero-order chi connectivity index (χ0) is 21.6. The first kappa shape index (κ1) is 20.1.